The van der Waals surface area contributed by atoms with Crippen LogP contribution in [0.1, 0.15) is 45.8 Å². The quantitative estimate of drug-likeness (QED) is 0.271. The molecule has 4 N–H and O–H groups in total. The number of para-hydroxylation sites is 2. The summed E-state index contributed by atoms with van der Waals surface area (Å²) in [5.41, 5.74) is 21.3. The molecule has 5 aromatic carbocycles. The molecule has 2 atom stereocenters. The maximum Gasteiger partial charge on any atom is 0.139 e. The Bertz CT molecular complexity index is 1580. The zero-order valence-electron chi connectivity index (χ0n) is 20.2. The fourth-order valence-electron chi connectivity index (χ4n) is 6.08. The number of benzene rings is 5. The molecule has 0 saturated carbocycles. The minimum atomic E-state index is -0.778. The number of hydrogen-bond acceptors (Lipinski definition) is 4. The fourth-order valence-corrected chi connectivity index (χ4v) is 6.08. The standard InChI is InChI=1S/C33H26N2O2/c34-31(21-11-2-1-3-12-21)37-32(35)24-15-10-19-28-30(24)36-29-20-9-8-18-27(29)33(28)25-16-6-4-13-22(25)23-14-5-7-17-26(23)33/h1-20,31-32H,34-35H2. The van der Waals surface area contributed by atoms with Gasteiger partial charge >= 0.3 is 0 Å². The van der Waals surface area contributed by atoms with Crippen LogP contribution in [0.15, 0.2) is 121 Å². The highest BCUT2D eigenvalue weighted by atomic mass is 16.5. The van der Waals surface area contributed by atoms with Crippen LogP contribution in [-0.4, -0.2) is 0 Å². The summed E-state index contributed by atoms with van der Waals surface area (Å²) in [6, 6.07) is 41.5. The molecule has 2 unspecified atom stereocenters. The van der Waals surface area contributed by atoms with Crippen LogP contribution in [0, 0.1) is 0 Å². The molecule has 4 nitrogen and oxygen atoms in total. The molecule has 0 saturated heterocycles. The van der Waals surface area contributed by atoms with E-state index >= 15 is 0 Å². The van der Waals surface area contributed by atoms with E-state index in [0.29, 0.717) is 0 Å². The third-order valence-corrected chi connectivity index (χ3v) is 7.63. The topological polar surface area (TPSA) is 70.5 Å². The molecule has 4 heteroatoms. The van der Waals surface area contributed by atoms with Crippen molar-refractivity contribution in [2.24, 2.45) is 11.5 Å². The first-order valence-electron chi connectivity index (χ1n) is 12.5. The maximum absolute atomic E-state index is 6.67. The summed E-state index contributed by atoms with van der Waals surface area (Å²) in [6.07, 6.45) is -1.44. The van der Waals surface area contributed by atoms with E-state index < -0.39 is 17.9 Å². The highest BCUT2D eigenvalue weighted by Crippen LogP contribution is 2.62. The van der Waals surface area contributed by atoms with Crippen LogP contribution in [0.3, 0.4) is 0 Å². The van der Waals surface area contributed by atoms with Gasteiger partial charge in [0.25, 0.3) is 0 Å². The minimum Gasteiger partial charge on any atom is -0.456 e. The largest absolute Gasteiger partial charge is 0.456 e. The monoisotopic (exact) mass is 482 g/mol. The molecule has 1 spiro atoms. The fraction of sp³-hybridized carbons (Fsp3) is 0.0909. The van der Waals surface area contributed by atoms with Crippen LogP contribution in [0.5, 0.6) is 11.5 Å². The predicted molar refractivity (Wildman–Crippen MR) is 145 cm³/mol. The Morgan fingerprint density at radius 1 is 0.541 bits per heavy atom. The van der Waals surface area contributed by atoms with Crippen molar-refractivity contribution in [3.8, 4) is 22.6 Å². The number of ether oxygens (including phenoxy) is 2. The van der Waals surface area contributed by atoms with Gasteiger partial charge in [0.1, 0.15) is 24.0 Å². The average molecular weight is 483 g/mol. The van der Waals surface area contributed by atoms with Gasteiger partial charge in [-0.3, -0.25) is 0 Å². The normalized spacial score (nSPS) is 15.6. The Morgan fingerprint density at radius 3 is 1.81 bits per heavy atom. The predicted octanol–water partition coefficient (Wildman–Crippen LogP) is 6.79. The SMILES string of the molecule is NC(OC(N)c1cccc2c1Oc1ccccc1C21c2ccccc2-c2ccccc21)c1ccccc1. The van der Waals surface area contributed by atoms with Gasteiger partial charge in [-0.2, -0.15) is 0 Å². The van der Waals surface area contributed by atoms with Gasteiger partial charge in [0.2, 0.25) is 0 Å². The lowest BCUT2D eigenvalue weighted by atomic mass is 9.66. The Kier molecular flexibility index (Phi) is 5.01. The van der Waals surface area contributed by atoms with Gasteiger partial charge in [-0.1, -0.05) is 115 Å². The number of fused-ring (bicyclic) bond motifs is 9. The second kappa shape index (κ2) is 8.43. The van der Waals surface area contributed by atoms with Gasteiger partial charge in [0, 0.05) is 16.7 Å². The van der Waals surface area contributed by atoms with E-state index in [9.17, 15) is 0 Å². The van der Waals surface area contributed by atoms with Gasteiger partial charge in [0.05, 0.1) is 5.41 Å². The first-order valence-corrected chi connectivity index (χ1v) is 12.5. The minimum absolute atomic E-state index is 0.533. The van der Waals surface area contributed by atoms with Crippen LogP contribution in [0.4, 0.5) is 0 Å². The van der Waals surface area contributed by atoms with E-state index in [1.165, 1.54) is 22.3 Å². The molecule has 0 bridgehead atoms. The molecular formula is C33H26N2O2. The second-order valence-corrected chi connectivity index (χ2v) is 9.55. The highest BCUT2D eigenvalue weighted by molar-refractivity contribution is 5.88. The zero-order valence-corrected chi connectivity index (χ0v) is 20.2. The molecule has 0 aromatic heterocycles. The molecule has 5 aromatic rings. The molecule has 0 fully saturated rings. The summed E-state index contributed by atoms with van der Waals surface area (Å²) in [5, 5.41) is 0. The molecule has 1 aliphatic carbocycles. The Labute approximate surface area is 216 Å². The van der Waals surface area contributed by atoms with E-state index in [2.05, 4.69) is 66.7 Å². The van der Waals surface area contributed by atoms with E-state index in [-0.39, 0.29) is 0 Å². The third-order valence-electron chi connectivity index (χ3n) is 7.63. The maximum atomic E-state index is 6.67. The summed E-state index contributed by atoms with van der Waals surface area (Å²) in [4.78, 5) is 0. The number of rotatable bonds is 4. The van der Waals surface area contributed by atoms with Crippen molar-refractivity contribution in [2.45, 2.75) is 17.9 Å². The third kappa shape index (κ3) is 3.14. The highest BCUT2D eigenvalue weighted by Gasteiger charge is 2.51. The van der Waals surface area contributed by atoms with Crippen LogP contribution >= 0.6 is 0 Å². The molecule has 0 radical (unpaired) electrons. The Morgan fingerprint density at radius 2 is 1.11 bits per heavy atom. The summed E-state index contributed by atoms with van der Waals surface area (Å²) < 4.78 is 12.8. The average Bonchev–Trinajstić information content (AvgIpc) is 3.24. The molecule has 37 heavy (non-hydrogen) atoms. The van der Waals surface area contributed by atoms with E-state index in [0.717, 1.165) is 33.8 Å². The smallest absolute Gasteiger partial charge is 0.139 e. The molecular weight excluding hydrogens is 456 g/mol. The first kappa shape index (κ1) is 22.0. The van der Waals surface area contributed by atoms with Crippen molar-refractivity contribution < 1.29 is 9.47 Å². The molecule has 1 aliphatic heterocycles. The second-order valence-electron chi connectivity index (χ2n) is 9.55. The molecule has 0 amide bonds. The summed E-state index contributed by atoms with van der Waals surface area (Å²) in [6.45, 7) is 0. The van der Waals surface area contributed by atoms with Gasteiger partial charge in [0.15, 0.2) is 0 Å². The van der Waals surface area contributed by atoms with Crippen molar-refractivity contribution in [2.75, 3.05) is 0 Å². The summed E-state index contributed by atoms with van der Waals surface area (Å²) in [5.74, 6) is 1.54. The molecule has 7 rings (SSSR count). The number of hydrogen-bond donors (Lipinski definition) is 2. The van der Waals surface area contributed by atoms with Crippen LogP contribution in [0.2, 0.25) is 0 Å². The lowest BCUT2D eigenvalue weighted by molar-refractivity contribution is -0.00933. The Hall–Kier alpha value is -4.22. The zero-order chi connectivity index (χ0) is 25.0. The van der Waals surface area contributed by atoms with Crippen molar-refractivity contribution in [3.05, 3.63) is 155 Å². The Balaban J connectivity index is 1.45. The lowest BCUT2D eigenvalue weighted by Crippen LogP contribution is -2.33. The van der Waals surface area contributed by atoms with Gasteiger partial charge in [-0.15, -0.1) is 0 Å². The summed E-state index contributed by atoms with van der Waals surface area (Å²) >= 11 is 0. The van der Waals surface area contributed by atoms with Gasteiger partial charge in [-0.25, -0.2) is 0 Å². The molecule has 2 aliphatic rings. The van der Waals surface area contributed by atoms with Crippen molar-refractivity contribution in [1.82, 2.24) is 0 Å². The van der Waals surface area contributed by atoms with Gasteiger partial charge in [-0.05, 0) is 33.9 Å². The van der Waals surface area contributed by atoms with Crippen molar-refractivity contribution in [1.29, 1.82) is 0 Å². The van der Waals surface area contributed by atoms with Crippen molar-refractivity contribution in [3.63, 3.8) is 0 Å². The van der Waals surface area contributed by atoms with Crippen molar-refractivity contribution >= 4 is 0 Å². The van der Waals surface area contributed by atoms with E-state index in [1.807, 2.05) is 54.6 Å². The van der Waals surface area contributed by atoms with Crippen LogP contribution in [-0.2, 0) is 10.2 Å². The number of nitrogens with two attached hydrogens (primary N) is 2. The van der Waals surface area contributed by atoms with E-state index in [4.69, 9.17) is 20.9 Å². The van der Waals surface area contributed by atoms with E-state index in [1.54, 1.807) is 0 Å². The first-order chi connectivity index (χ1) is 18.2. The summed E-state index contributed by atoms with van der Waals surface area (Å²) in [7, 11) is 0. The molecule has 180 valence electrons. The lowest BCUT2D eigenvalue weighted by Gasteiger charge is -2.40. The molecule has 1 heterocycles. The van der Waals surface area contributed by atoms with Crippen LogP contribution < -0.4 is 16.2 Å². The van der Waals surface area contributed by atoms with Gasteiger partial charge < -0.3 is 20.9 Å². The van der Waals surface area contributed by atoms with Crippen LogP contribution in [0.25, 0.3) is 11.1 Å².